The lowest BCUT2D eigenvalue weighted by atomic mass is 10.2. The molecule has 3 rings (SSSR count). The van der Waals surface area contributed by atoms with Crippen molar-refractivity contribution in [2.45, 2.75) is 33.9 Å². The Kier molecular flexibility index (Phi) is 6.60. The zero-order chi connectivity index (χ0) is 20.1. The summed E-state index contributed by atoms with van der Waals surface area (Å²) in [6.07, 6.45) is 5.66. The Morgan fingerprint density at radius 3 is 2.43 bits per heavy atom. The monoisotopic (exact) mass is 377 g/mol. The molecule has 28 heavy (non-hydrogen) atoms. The average Bonchev–Trinajstić information content (AvgIpc) is 2.94. The molecule has 0 aliphatic carbocycles. The Labute approximate surface area is 168 Å². The number of aromatic nitrogens is 3. The van der Waals surface area contributed by atoms with Gasteiger partial charge in [-0.2, -0.15) is 0 Å². The first-order valence-corrected chi connectivity index (χ1v) is 9.81. The third-order valence-electron chi connectivity index (χ3n) is 5.12. The number of hydrogen-bond donors (Lipinski definition) is 0. The highest BCUT2D eigenvalue weighted by atomic mass is 15.2. The summed E-state index contributed by atoms with van der Waals surface area (Å²) >= 11 is 0. The lowest BCUT2D eigenvalue weighted by Crippen LogP contribution is -2.31. The van der Waals surface area contributed by atoms with Gasteiger partial charge in [0, 0.05) is 56.2 Å². The zero-order valence-electron chi connectivity index (χ0n) is 17.7. The molecule has 0 N–H and O–H groups in total. The van der Waals surface area contributed by atoms with Gasteiger partial charge >= 0.3 is 0 Å². The molecule has 0 spiro atoms. The minimum absolute atomic E-state index is 0.897. The maximum Gasteiger partial charge on any atom is 0.139 e. The lowest BCUT2D eigenvalue weighted by Gasteiger charge is -2.24. The van der Waals surface area contributed by atoms with Crippen LogP contribution < -0.4 is 0 Å². The first kappa shape index (κ1) is 20.2. The minimum Gasteiger partial charge on any atom is -0.308 e. The van der Waals surface area contributed by atoms with Crippen molar-refractivity contribution in [2.24, 2.45) is 0 Å². The van der Waals surface area contributed by atoms with E-state index in [0.29, 0.717) is 0 Å². The van der Waals surface area contributed by atoms with Crippen LogP contribution >= 0.6 is 0 Å². The van der Waals surface area contributed by atoms with Gasteiger partial charge in [-0.25, -0.2) is 4.98 Å². The van der Waals surface area contributed by atoms with E-state index in [2.05, 4.69) is 77.4 Å². The number of hydrogen-bond acceptors (Lipinski definition) is 4. The standard InChI is InChI=1S/C23H31N5/c1-18-8-6-11-25-23(18)28-19(2)14-22(20(28)3)17-27(13-12-26(4)5)16-21-9-7-10-24-15-21/h6-11,14-15H,12-13,16-17H2,1-5H3. The summed E-state index contributed by atoms with van der Waals surface area (Å²) in [5, 5.41) is 0. The van der Waals surface area contributed by atoms with Crippen LogP contribution in [0.3, 0.4) is 0 Å². The summed E-state index contributed by atoms with van der Waals surface area (Å²) < 4.78 is 2.28. The predicted octanol–water partition coefficient (Wildman–Crippen LogP) is 3.76. The molecule has 0 aliphatic rings. The molecule has 0 saturated heterocycles. The van der Waals surface area contributed by atoms with E-state index in [-0.39, 0.29) is 0 Å². The molecule has 3 aromatic rings. The molecule has 148 valence electrons. The van der Waals surface area contributed by atoms with Crippen LogP contribution in [0.5, 0.6) is 0 Å². The fourth-order valence-electron chi connectivity index (χ4n) is 3.57. The summed E-state index contributed by atoms with van der Waals surface area (Å²) in [5.41, 5.74) is 6.28. The zero-order valence-corrected chi connectivity index (χ0v) is 17.7. The average molecular weight is 378 g/mol. The van der Waals surface area contributed by atoms with Crippen LogP contribution in [-0.4, -0.2) is 51.5 Å². The summed E-state index contributed by atoms with van der Waals surface area (Å²) in [5.74, 6) is 1.02. The fraction of sp³-hybridized carbons (Fsp3) is 0.391. The Morgan fingerprint density at radius 1 is 0.964 bits per heavy atom. The highest BCUT2D eigenvalue weighted by molar-refractivity contribution is 5.41. The molecule has 0 aromatic carbocycles. The molecule has 0 amide bonds. The first-order chi connectivity index (χ1) is 13.5. The van der Waals surface area contributed by atoms with E-state index < -0.39 is 0 Å². The number of nitrogens with zero attached hydrogens (tertiary/aromatic N) is 5. The molecule has 5 nitrogen and oxygen atoms in total. The van der Waals surface area contributed by atoms with Gasteiger partial charge in [0.1, 0.15) is 5.82 Å². The van der Waals surface area contributed by atoms with Gasteiger partial charge in [-0.1, -0.05) is 12.1 Å². The molecular formula is C23H31N5. The van der Waals surface area contributed by atoms with Crippen LogP contribution in [0, 0.1) is 20.8 Å². The molecule has 0 saturated carbocycles. The summed E-state index contributed by atoms with van der Waals surface area (Å²) in [6, 6.07) is 10.6. The molecule has 5 heteroatoms. The van der Waals surface area contributed by atoms with Gasteiger partial charge in [0.25, 0.3) is 0 Å². The maximum atomic E-state index is 4.62. The lowest BCUT2D eigenvalue weighted by molar-refractivity contribution is 0.225. The maximum absolute atomic E-state index is 4.62. The Balaban J connectivity index is 1.86. The summed E-state index contributed by atoms with van der Waals surface area (Å²) in [6.45, 7) is 10.3. The molecule has 0 bridgehead atoms. The molecular weight excluding hydrogens is 346 g/mol. The van der Waals surface area contributed by atoms with Crippen molar-refractivity contribution < 1.29 is 0 Å². The summed E-state index contributed by atoms with van der Waals surface area (Å²) in [7, 11) is 4.25. The van der Waals surface area contributed by atoms with Crippen molar-refractivity contribution in [3.8, 4) is 5.82 Å². The van der Waals surface area contributed by atoms with Crippen molar-refractivity contribution in [1.82, 2.24) is 24.3 Å². The van der Waals surface area contributed by atoms with E-state index in [4.69, 9.17) is 0 Å². The van der Waals surface area contributed by atoms with E-state index in [1.165, 1.54) is 28.1 Å². The van der Waals surface area contributed by atoms with Gasteiger partial charge in [0.2, 0.25) is 0 Å². The highest BCUT2D eigenvalue weighted by Crippen LogP contribution is 2.23. The SMILES string of the molecule is Cc1cccnc1-n1c(C)cc(CN(CCN(C)C)Cc2cccnc2)c1C. The molecule has 0 aliphatic heterocycles. The van der Waals surface area contributed by atoms with Crippen molar-refractivity contribution in [3.05, 3.63) is 77.0 Å². The second kappa shape index (κ2) is 9.13. The number of pyridine rings is 2. The van der Waals surface area contributed by atoms with E-state index in [1.54, 1.807) is 0 Å². The Morgan fingerprint density at radius 2 is 1.75 bits per heavy atom. The van der Waals surface area contributed by atoms with Crippen LogP contribution in [0.4, 0.5) is 0 Å². The fourth-order valence-corrected chi connectivity index (χ4v) is 3.57. The molecule has 3 aromatic heterocycles. The predicted molar refractivity (Wildman–Crippen MR) is 115 cm³/mol. The van der Waals surface area contributed by atoms with Crippen molar-refractivity contribution >= 4 is 0 Å². The van der Waals surface area contributed by atoms with Crippen molar-refractivity contribution in [2.75, 3.05) is 27.2 Å². The number of aryl methyl sites for hydroxylation is 2. The Bertz CT molecular complexity index is 899. The van der Waals surface area contributed by atoms with E-state index >= 15 is 0 Å². The van der Waals surface area contributed by atoms with Gasteiger partial charge in [0.05, 0.1) is 0 Å². The Hall–Kier alpha value is -2.50. The van der Waals surface area contributed by atoms with Crippen molar-refractivity contribution in [1.29, 1.82) is 0 Å². The van der Waals surface area contributed by atoms with Crippen molar-refractivity contribution in [3.63, 3.8) is 0 Å². The quantitative estimate of drug-likeness (QED) is 0.599. The highest BCUT2D eigenvalue weighted by Gasteiger charge is 2.16. The molecule has 3 heterocycles. The van der Waals surface area contributed by atoms with Gasteiger partial charge in [-0.05, 0) is 69.8 Å². The van der Waals surface area contributed by atoms with Crippen LogP contribution in [0.25, 0.3) is 5.82 Å². The molecule has 0 unspecified atom stereocenters. The van der Waals surface area contributed by atoms with Gasteiger partial charge in [0.15, 0.2) is 0 Å². The number of likely N-dealkylation sites (N-methyl/N-ethyl adjacent to an activating group) is 1. The van der Waals surface area contributed by atoms with Crippen LogP contribution in [0.2, 0.25) is 0 Å². The van der Waals surface area contributed by atoms with Gasteiger partial charge in [-0.15, -0.1) is 0 Å². The topological polar surface area (TPSA) is 37.2 Å². The summed E-state index contributed by atoms with van der Waals surface area (Å²) in [4.78, 5) is 13.6. The van der Waals surface area contributed by atoms with Gasteiger partial charge < -0.3 is 9.47 Å². The number of rotatable bonds is 8. The third-order valence-corrected chi connectivity index (χ3v) is 5.12. The van der Waals surface area contributed by atoms with E-state index in [1.807, 2.05) is 30.7 Å². The normalized spacial score (nSPS) is 11.5. The molecule has 0 radical (unpaired) electrons. The van der Waals surface area contributed by atoms with Crippen LogP contribution in [-0.2, 0) is 13.1 Å². The van der Waals surface area contributed by atoms with E-state index in [9.17, 15) is 0 Å². The van der Waals surface area contributed by atoms with Crippen LogP contribution in [0.15, 0.2) is 48.9 Å². The minimum atomic E-state index is 0.897. The molecule has 0 fully saturated rings. The second-order valence-electron chi connectivity index (χ2n) is 7.75. The van der Waals surface area contributed by atoms with Gasteiger partial charge in [-0.3, -0.25) is 9.88 Å². The third kappa shape index (κ3) is 4.86. The van der Waals surface area contributed by atoms with E-state index in [0.717, 1.165) is 32.0 Å². The smallest absolute Gasteiger partial charge is 0.139 e. The second-order valence-corrected chi connectivity index (χ2v) is 7.75. The largest absolute Gasteiger partial charge is 0.308 e. The first-order valence-electron chi connectivity index (χ1n) is 9.81. The van der Waals surface area contributed by atoms with Crippen LogP contribution in [0.1, 0.15) is 28.1 Å². The molecule has 0 atom stereocenters.